The topological polar surface area (TPSA) is 140 Å². The molecule has 0 heterocycles. The molecule has 0 rings (SSSR count). The number of rotatable bonds is 2. The smallest absolute Gasteiger partial charge is 0.387 e. The van der Waals surface area contributed by atoms with Gasteiger partial charge in [-0.3, -0.25) is 10.7 Å². The second kappa shape index (κ2) is 2.50. The Labute approximate surface area is 55.6 Å². The molecule has 0 saturated heterocycles. The van der Waals surface area contributed by atoms with E-state index in [4.69, 9.17) is 20.7 Å². The summed E-state index contributed by atoms with van der Waals surface area (Å²) >= 11 is 0. The minimum Gasteiger partial charge on any atom is -0.476 e. The lowest BCUT2D eigenvalue weighted by atomic mass is 10.5. The zero-order valence-electron chi connectivity index (χ0n) is 4.83. The number of nitrogens with one attached hydrogen (secondary N) is 2. The maximum Gasteiger partial charge on any atom is 0.387 e. The highest BCUT2D eigenvalue weighted by Gasteiger charge is 2.33. The van der Waals surface area contributed by atoms with Gasteiger partial charge in [0.15, 0.2) is 5.96 Å². The summed E-state index contributed by atoms with van der Waals surface area (Å²) < 4.78 is 0. The van der Waals surface area contributed by atoms with Gasteiger partial charge in [0.25, 0.3) is 0 Å². The van der Waals surface area contributed by atoms with Crippen molar-refractivity contribution in [3.05, 3.63) is 0 Å². The first-order valence-electron chi connectivity index (χ1n) is 2.16. The number of aliphatic carboxylic acids is 1. The standard InChI is InChI=1S/C3H7N3O4/c4-2(5)6-3(9,10)1(7)8/h9-10H,(H,7,8)(H4,4,5,6). The van der Waals surface area contributed by atoms with Gasteiger partial charge in [0.1, 0.15) is 0 Å². The van der Waals surface area contributed by atoms with Crippen LogP contribution in [0.3, 0.4) is 0 Å². The quantitative estimate of drug-likeness (QED) is 0.142. The van der Waals surface area contributed by atoms with Gasteiger partial charge < -0.3 is 21.1 Å². The molecule has 7 N–H and O–H groups in total. The molecule has 0 radical (unpaired) electrons. The number of hydrogen-bond donors (Lipinski definition) is 6. The zero-order valence-corrected chi connectivity index (χ0v) is 4.83. The van der Waals surface area contributed by atoms with Crippen molar-refractivity contribution in [1.82, 2.24) is 5.32 Å². The van der Waals surface area contributed by atoms with E-state index in [1.807, 2.05) is 0 Å². The van der Waals surface area contributed by atoms with E-state index >= 15 is 0 Å². The van der Waals surface area contributed by atoms with Gasteiger partial charge in [0, 0.05) is 0 Å². The number of nitrogens with two attached hydrogens (primary N) is 1. The number of guanidine groups is 1. The first-order chi connectivity index (χ1) is 4.36. The van der Waals surface area contributed by atoms with Crippen molar-refractivity contribution in [2.24, 2.45) is 5.73 Å². The second-order valence-corrected chi connectivity index (χ2v) is 1.52. The van der Waals surface area contributed by atoms with E-state index < -0.39 is 17.8 Å². The molecule has 0 amide bonds. The van der Waals surface area contributed by atoms with E-state index in [1.165, 1.54) is 5.32 Å². The Hall–Kier alpha value is -1.34. The predicted octanol–water partition coefficient (Wildman–Crippen LogP) is -2.81. The Morgan fingerprint density at radius 2 is 2.00 bits per heavy atom. The van der Waals surface area contributed by atoms with Crippen LogP contribution in [-0.2, 0) is 4.79 Å². The van der Waals surface area contributed by atoms with E-state index in [0.717, 1.165) is 0 Å². The molecule has 0 aromatic carbocycles. The molecule has 0 aliphatic heterocycles. The van der Waals surface area contributed by atoms with Gasteiger partial charge in [0.2, 0.25) is 0 Å². The summed E-state index contributed by atoms with van der Waals surface area (Å²) in [7, 11) is 0. The molecule has 0 atom stereocenters. The van der Waals surface area contributed by atoms with Crippen LogP contribution in [0.2, 0.25) is 0 Å². The minimum absolute atomic E-state index is 0.840. The van der Waals surface area contributed by atoms with Crippen LogP contribution in [0.25, 0.3) is 0 Å². The van der Waals surface area contributed by atoms with E-state index in [0.29, 0.717) is 0 Å². The summed E-state index contributed by atoms with van der Waals surface area (Å²) in [6.45, 7) is 0. The molecule has 0 aromatic heterocycles. The van der Waals surface area contributed by atoms with E-state index in [1.54, 1.807) is 0 Å². The number of carboxylic acids is 1. The summed E-state index contributed by atoms with van der Waals surface area (Å²) in [5.74, 6) is -5.93. The number of aliphatic hydroxyl groups is 2. The number of hydrogen-bond acceptors (Lipinski definition) is 4. The monoisotopic (exact) mass is 149 g/mol. The normalized spacial score (nSPS) is 10.6. The van der Waals surface area contributed by atoms with Gasteiger partial charge in [-0.25, -0.2) is 4.79 Å². The molecule has 0 fully saturated rings. The third kappa shape index (κ3) is 2.29. The summed E-state index contributed by atoms with van der Waals surface area (Å²) in [6, 6.07) is 0. The van der Waals surface area contributed by atoms with Crippen LogP contribution in [0, 0.1) is 5.41 Å². The van der Waals surface area contributed by atoms with E-state index in [-0.39, 0.29) is 0 Å². The number of carbonyl (C=O) groups is 1. The average molecular weight is 149 g/mol. The van der Waals surface area contributed by atoms with E-state index in [2.05, 4.69) is 5.73 Å². The van der Waals surface area contributed by atoms with Crippen molar-refractivity contribution in [2.75, 3.05) is 0 Å². The van der Waals surface area contributed by atoms with Crippen molar-refractivity contribution in [3.63, 3.8) is 0 Å². The lowest BCUT2D eigenvalue weighted by Gasteiger charge is -2.16. The molecule has 7 nitrogen and oxygen atoms in total. The molecular weight excluding hydrogens is 142 g/mol. The fourth-order valence-corrected chi connectivity index (χ4v) is 0.241. The predicted molar refractivity (Wildman–Crippen MR) is 29.9 cm³/mol. The molecule has 0 saturated carbocycles. The highest BCUT2D eigenvalue weighted by Crippen LogP contribution is 1.90. The minimum atomic E-state index is -3.16. The molecule has 0 bridgehead atoms. The Kier molecular flexibility index (Phi) is 2.16. The van der Waals surface area contributed by atoms with Crippen molar-refractivity contribution in [1.29, 1.82) is 5.41 Å². The van der Waals surface area contributed by atoms with Gasteiger partial charge >= 0.3 is 11.9 Å². The maximum atomic E-state index is 9.84. The molecule has 0 aliphatic rings. The molecule has 7 heteroatoms. The van der Waals surface area contributed by atoms with Crippen molar-refractivity contribution >= 4 is 11.9 Å². The van der Waals surface area contributed by atoms with Crippen molar-refractivity contribution in [2.45, 2.75) is 5.91 Å². The molecule has 58 valence electrons. The summed E-state index contributed by atoms with van der Waals surface area (Å²) in [5, 5.41) is 32.6. The van der Waals surface area contributed by atoms with Crippen LogP contribution in [0.5, 0.6) is 0 Å². The molecule has 0 aromatic rings. The third-order valence-corrected chi connectivity index (χ3v) is 0.607. The SMILES string of the molecule is N=C(N)NC(O)(O)C(=O)O. The van der Waals surface area contributed by atoms with Gasteiger partial charge in [-0.2, -0.15) is 0 Å². The van der Waals surface area contributed by atoms with Gasteiger partial charge in [-0.1, -0.05) is 0 Å². The van der Waals surface area contributed by atoms with Crippen LogP contribution < -0.4 is 11.1 Å². The second-order valence-electron chi connectivity index (χ2n) is 1.52. The Morgan fingerprint density at radius 3 is 2.10 bits per heavy atom. The lowest BCUT2D eigenvalue weighted by molar-refractivity contribution is -0.208. The van der Waals surface area contributed by atoms with Crippen LogP contribution in [0.4, 0.5) is 0 Å². The zero-order chi connectivity index (χ0) is 8.36. The Bertz CT molecular complexity index is 165. The van der Waals surface area contributed by atoms with Crippen LogP contribution >= 0.6 is 0 Å². The average Bonchev–Trinajstić information content (AvgIpc) is 1.60. The van der Waals surface area contributed by atoms with Gasteiger partial charge in [0.05, 0.1) is 0 Å². The molecular formula is C3H7N3O4. The molecule has 0 spiro atoms. The molecule has 10 heavy (non-hydrogen) atoms. The first kappa shape index (κ1) is 8.66. The van der Waals surface area contributed by atoms with Crippen LogP contribution in [0.15, 0.2) is 0 Å². The highest BCUT2D eigenvalue weighted by molar-refractivity contribution is 5.83. The van der Waals surface area contributed by atoms with Crippen LogP contribution in [-0.4, -0.2) is 33.2 Å². The number of carboxylic acid groups (broad SMARTS) is 1. The highest BCUT2D eigenvalue weighted by atomic mass is 16.6. The van der Waals surface area contributed by atoms with Gasteiger partial charge in [-0.15, -0.1) is 0 Å². The maximum absolute atomic E-state index is 9.84. The largest absolute Gasteiger partial charge is 0.476 e. The van der Waals surface area contributed by atoms with Crippen molar-refractivity contribution < 1.29 is 20.1 Å². The first-order valence-corrected chi connectivity index (χ1v) is 2.16. The summed E-state index contributed by atoms with van der Waals surface area (Å²) in [6.07, 6.45) is 0. The fraction of sp³-hybridized carbons (Fsp3) is 0.333. The Balaban J connectivity index is 4.13. The third-order valence-electron chi connectivity index (χ3n) is 0.607. The van der Waals surface area contributed by atoms with E-state index in [9.17, 15) is 4.79 Å². The van der Waals surface area contributed by atoms with Crippen LogP contribution in [0.1, 0.15) is 0 Å². The molecule has 0 unspecified atom stereocenters. The van der Waals surface area contributed by atoms with Gasteiger partial charge in [-0.05, 0) is 0 Å². The summed E-state index contributed by atoms with van der Waals surface area (Å²) in [5.41, 5.74) is 4.61. The summed E-state index contributed by atoms with van der Waals surface area (Å²) in [4.78, 5) is 9.84. The fourth-order valence-electron chi connectivity index (χ4n) is 0.241. The Morgan fingerprint density at radius 1 is 1.60 bits per heavy atom. The van der Waals surface area contributed by atoms with Crippen molar-refractivity contribution in [3.8, 4) is 0 Å². The molecule has 0 aliphatic carbocycles. The lowest BCUT2D eigenvalue weighted by Crippen LogP contribution is -2.56.